The van der Waals surface area contributed by atoms with Crippen molar-refractivity contribution >= 4 is 5.78 Å². The molecule has 0 bridgehead atoms. The van der Waals surface area contributed by atoms with Crippen molar-refractivity contribution in [3.63, 3.8) is 0 Å². The van der Waals surface area contributed by atoms with Crippen molar-refractivity contribution in [2.45, 2.75) is 26.9 Å². The molecule has 0 radical (unpaired) electrons. The predicted octanol–water partition coefficient (Wildman–Crippen LogP) is 2.30. The van der Waals surface area contributed by atoms with Gasteiger partial charge in [-0.1, -0.05) is 12.1 Å². The molecule has 3 rings (SSSR count). The molecular formula is C19H23N5O3. The fourth-order valence-electron chi connectivity index (χ4n) is 3.01. The fraction of sp³-hybridized carbons (Fsp3) is 0.368. The summed E-state index contributed by atoms with van der Waals surface area (Å²) >= 11 is 0. The van der Waals surface area contributed by atoms with Gasteiger partial charge >= 0.3 is 0 Å². The number of carbonyl (C=O) groups excluding carboxylic acids is 1. The molecule has 2 heterocycles. The lowest BCUT2D eigenvalue weighted by Gasteiger charge is -2.08. The van der Waals surface area contributed by atoms with Gasteiger partial charge in [-0.05, 0) is 37.3 Å². The van der Waals surface area contributed by atoms with Crippen LogP contribution in [0.15, 0.2) is 30.3 Å². The van der Waals surface area contributed by atoms with Crippen LogP contribution in [-0.2, 0) is 17.8 Å². The zero-order valence-electron chi connectivity index (χ0n) is 16.0. The minimum Gasteiger partial charge on any atom is -0.497 e. The number of hydrogen-bond acceptors (Lipinski definition) is 6. The molecule has 0 N–H and O–H groups in total. The van der Waals surface area contributed by atoms with Crippen molar-refractivity contribution in [3.8, 4) is 17.1 Å². The Morgan fingerprint density at radius 2 is 2.00 bits per heavy atom. The normalized spacial score (nSPS) is 11.0. The zero-order valence-corrected chi connectivity index (χ0v) is 16.0. The van der Waals surface area contributed by atoms with Gasteiger partial charge in [-0.3, -0.25) is 4.79 Å². The third-order valence-corrected chi connectivity index (χ3v) is 4.46. The molecule has 0 aliphatic rings. The lowest BCUT2D eigenvalue weighted by molar-refractivity contribution is 0.0960. The van der Waals surface area contributed by atoms with Gasteiger partial charge in [-0.25, -0.2) is 0 Å². The molecule has 0 fully saturated rings. The predicted molar refractivity (Wildman–Crippen MR) is 99.9 cm³/mol. The van der Waals surface area contributed by atoms with Gasteiger partial charge in [0.25, 0.3) is 0 Å². The molecule has 8 nitrogen and oxygen atoms in total. The van der Waals surface area contributed by atoms with E-state index in [1.807, 2.05) is 44.2 Å². The molecule has 0 aliphatic heterocycles. The minimum absolute atomic E-state index is 0.0333. The fourth-order valence-corrected chi connectivity index (χ4v) is 3.01. The highest BCUT2D eigenvalue weighted by atomic mass is 16.5. The Morgan fingerprint density at radius 3 is 2.74 bits per heavy atom. The highest BCUT2D eigenvalue weighted by molar-refractivity contribution is 5.97. The van der Waals surface area contributed by atoms with Crippen LogP contribution in [-0.4, -0.2) is 51.4 Å². The molecule has 2 aromatic heterocycles. The van der Waals surface area contributed by atoms with Gasteiger partial charge in [0.05, 0.1) is 13.7 Å². The van der Waals surface area contributed by atoms with Crippen molar-refractivity contribution in [2.24, 2.45) is 0 Å². The Kier molecular flexibility index (Phi) is 5.66. The number of benzene rings is 1. The van der Waals surface area contributed by atoms with E-state index >= 15 is 0 Å². The minimum atomic E-state index is -0.0543. The molecule has 1 aromatic carbocycles. The number of aromatic nitrogens is 5. The topological polar surface area (TPSA) is 84.1 Å². The van der Waals surface area contributed by atoms with E-state index in [0.717, 1.165) is 17.0 Å². The molecule has 0 aliphatic carbocycles. The van der Waals surface area contributed by atoms with Crippen molar-refractivity contribution in [2.75, 3.05) is 20.8 Å². The largest absolute Gasteiger partial charge is 0.497 e. The molecule has 27 heavy (non-hydrogen) atoms. The maximum atomic E-state index is 12.7. The van der Waals surface area contributed by atoms with Gasteiger partial charge < -0.3 is 14.0 Å². The van der Waals surface area contributed by atoms with Crippen LogP contribution in [0.5, 0.6) is 5.75 Å². The average molecular weight is 369 g/mol. The number of carbonyl (C=O) groups is 1. The number of Topliss-reactive ketones (excluding diaryl/α,β-unsaturated/α-hetero) is 1. The SMILES string of the molecule is COCCn1c(C)cc(C(=O)Cn2nnc(-c3cccc(OC)c3)n2)c1C. The number of hydrogen-bond donors (Lipinski definition) is 0. The van der Waals surface area contributed by atoms with E-state index < -0.39 is 0 Å². The number of tetrazole rings is 1. The van der Waals surface area contributed by atoms with Crippen LogP contribution >= 0.6 is 0 Å². The lowest BCUT2D eigenvalue weighted by atomic mass is 10.1. The third kappa shape index (κ3) is 4.06. The molecule has 0 spiro atoms. The van der Waals surface area contributed by atoms with Crippen molar-refractivity contribution in [1.29, 1.82) is 0 Å². The summed E-state index contributed by atoms with van der Waals surface area (Å²) in [4.78, 5) is 14.0. The van der Waals surface area contributed by atoms with Crippen LogP contribution in [0.25, 0.3) is 11.4 Å². The second kappa shape index (κ2) is 8.13. The summed E-state index contributed by atoms with van der Waals surface area (Å²) in [6.45, 7) is 5.26. The summed E-state index contributed by atoms with van der Waals surface area (Å²) in [5.41, 5.74) is 3.40. The second-order valence-corrected chi connectivity index (χ2v) is 6.23. The van der Waals surface area contributed by atoms with E-state index in [0.29, 0.717) is 30.3 Å². The van der Waals surface area contributed by atoms with Gasteiger partial charge in [-0.15, -0.1) is 10.2 Å². The quantitative estimate of drug-likeness (QED) is 0.567. The molecule has 3 aromatic rings. The average Bonchev–Trinajstić information content (AvgIpc) is 3.25. The van der Waals surface area contributed by atoms with E-state index in [9.17, 15) is 4.79 Å². The van der Waals surface area contributed by atoms with E-state index in [-0.39, 0.29) is 12.3 Å². The van der Waals surface area contributed by atoms with E-state index in [2.05, 4.69) is 20.0 Å². The first-order valence-corrected chi connectivity index (χ1v) is 8.64. The van der Waals surface area contributed by atoms with Crippen molar-refractivity contribution in [1.82, 2.24) is 24.8 Å². The first-order valence-electron chi connectivity index (χ1n) is 8.64. The molecule has 0 saturated carbocycles. The monoisotopic (exact) mass is 369 g/mol. The summed E-state index contributed by atoms with van der Waals surface area (Å²) in [7, 11) is 3.27. The molecule has 0 unspecified atom stereocenters. The van der Waals surface area contributed by atoms with Crippen LogP contribution in [0.2, 0.25) is 0 Å². The first-order chi connectivity index (χ1) is 13.0. The van der Waals surface area contributed by atoms with Crippen LogP contribution < -0.4 is 4.74 Å². The summed E-state index contributed by atoms with van der Waals surface area (Å²) in [6.07, 6.45) is 0. The number of nitrogens with zero attached hydrogens (tertiary/aromatic N) is 5. The maximum absolute atomic E-state index is 12.7. The van der Waals surface area contributed by atoms with Crippen LogP contribution in [0.4, 0.5) is 0 Å². The Labute approximate surface area is 157 Å². The molecule has 0 saturated heterocycles. The Balaban J connectivity index is 1.76. The Morgan fingerprint density at radius 1 is 1.19 bits per heavy atom. The molecular weight excluding hydrogens is 346 g/mol. The number of ketones is 1. The third-order valence-electron chi connectivity index (χ3n) is 4.46. The van der Waals surface area contributed by atoms with Crippen molar-refractivity contribution in [3.05, 3.63) is 47.3 Å². The van der Waals surface area contributed by atoms with Crippen molar-refractivity contribution < 1.29 is 14.3 Å². The van der Waals surface area contributed by atoms with Crippen LogP contribution in [0.3, 0.4) is 0 Å². The van der Waals surface area contributed by atoms with Gasteiger partial charge in [0, 0.05) is 36.2 Å². The maximum Gasteiger partial charge on any atom is 0.205 e. The molecule has 0 amide bonds. The summed E-state index contributed by atoms with van der Waals surface area (Å²) in [5.74, 6) is 1.11. The van der Waals surface area contributed by atoms with Gasteiger partial charge in [0.15, 0.2) is 5.78 Å². The highest BCUT2D eigenvalue weighted by Crippen LogP contribution is 2.20. The van der Waals surface area contributed by atoms with E-state index in [1.54, 1.807) is 14.2 Å². The lowest BCUT2D eigenvalue weighted by Crippen LogP contribution is -2.14. The highest BCUT2D eigenvalue weighted by Gasteiger charge is 2.17. The number of rotatable bonds is 8. The zero-order chi connectivity index (χ0) is 19.4. The number of ether oxygens (including phenoxy) is 2. The van der Waals surface area contributed by atoms with Gasteiger partial charge in [0.2, 0.25) is 5.82 Å². The van der Waals surface area contributed by atoms with Crippen LogP contribution in [0.1, 0.15) is 21.7 Å². The molecule has 8 heteroatoms. The first kappa shape index (κ1) is 18.8. The summed E-state index contributed by atoms with van der Waals surface area (Å²) in [6, 6.07) is 9.29. The van der Waals surface area contributed by atoms with Crippen LogP contribution in [0, 0.1) is 13.8 Å². The van der Waals surface area contributed by atoms with E-state index in [1.165, 1.54) is 4.80 Å². The van der Waals surface area contributed by atoms with Gasteiger partial charge in [0.1, 0.15) is 12.3 Å². The smallest absolute Gasteiger partial charge is 0.205 e. The van der Waals surface area contributed by atoms with Gasteiger partial charge in [-0.2, -0.15) is 4.80 Å². The Bertz CT molecular complexity index is 945. The van der Waals surface area contributed by atoms with E-state index in [4.69, 9.17) is 9.47 Å². The molecule has 142 valence electrons. The summed E-state index contributed by atoms with van der Waals surface area (Å²) < 4.78 is 12.4. The number of methoxy groups -OCH3 is 2. The Hall–Kier alpha value is -3.00. The molecule has 0 atom stereocenters. The second-order valence-electron chi connectivity index (χ2n) is 6.23. The summed E-state index contributed by atoms with van der Waals surface area (Å²) in [5, 5.41) is 12.4. The number of aryl methyl sites for hydroxylation is 1. The standard InChI is InChI=1S/C19H23N5O3/c1-13-10-17(14(2)23(13)8-9-26-3)18(25)12-24-21-19(20-22-24)15-6-5-7-16(11-15)27-4/h5-7,10-11H,8-9,12H2,1-4H3.